The number of hydrogen-bond acceptors (Lipinski definition) is 8. The fraction of sp³-hybridized carbons (Fsp3) is 0.417. The number of H-pyrrole nitrogens is 1. The van der Waals surface area contributed by atoms with Crippen LogP contribution < -0.4 is 14.9 Å². The number of hydrogen-bond donors (Lipinski definition) is 3. The molecule has 0 unspecified atom stereocenters. The van der Waals surface area contributed by atoms with E-state index in [0.717, 1.165) is 24.4 Å². The van der Waals surface area contributed by atoms with E-state index in [0.29, 0.717) is 36.1 Å². The molecule has 2 aromatic heterocycles. The summed E-state index contributed by atoms with van der Waals surface area (Å²) in [5.74, 6) is 2.64. The topological polar surface area (TPSA) is 140 Å². The van der Waals surface area contributed by atoms with Crippen LogP contribution in [0.5, 0.6) is 0 Å². The maximum Gasteiger partial charge on any atom is 0.240 e. The monoisotopic (exact) mass is 492 g/mol. The number of anilines is 3. The summed E-state index contributed by atoms with van der Waals surface area (Å²) in [4.78, 5) is 11.3. The lowest BCUT2D eigenvalue weighted by Gasteiger charge is -2.34. The van der Waals surface area contributed by atoms with Gasteiger partial charge < -0.3 is 10.2 Å². The molecule has 11 heteroatoms. The second-order valence-electron chi connectivity index (χ2n) is 9.23. The van der Waals surface area contributed by atoms with Gasteiger partial charge in [-0.3, -0.25) is 5.10 Å². The Morgan fingerprint density at radius 3 is 2.63 bits per heavy atom. The van der Waals surface area contributed by atoms with Gasteiger partial charge >= 0.3 is 0 Å². The Balaban J connectivity index is 1.18. The molecular formula is C24H28N8O2S. The second-order valence-corrected chi connectivity index (χ2v) is 10.9. The summed E-state index contributed by atoms with van der Waals surface area (Å²) in [6.45, 7) is 0. The van der Waals surface area contributed by atoms with Crippen molar-refractivity contribution in [3.63, 3.8) is 0 Å². The number of rotatable bonds is 8. The van der Waals surface area contributed by atoms with E-state index >= 15 is 0 Å². The zero-order valence-electron chi connectivity index (χ0n) is 19.5. The summed E-state index contributed by atoms with van der Waals surface area (Å²) in [7, 11) is -1.70. The van der Waals surface area contributed by atoms with E-state index in [1.807, 2.05) is 25.2 Å². The van der Waals surface area contributed by atoms with E-state index in [1.165, 1.54) is 25.0 Å². The number of benzene rings is 1. The third-order valence-corrected chi connectivity index (χ3v) is 8.19. The lowest BCUT2D eigenvalue weighted by Crippen LogP contribution is -2.43. The predicted octanol–water partition coefficient (Wildman–Crippen LogP) is 3.42. The third kappa shape index (κ3) is 5.44. The Labute approximate surface area is 204 Å². The molecule has 3 aromatic rings. The van der Waals surface area contributed by atoms with Crippen molar-refractivity contribution in [1.82, 2.24) is 24.9 Å². The molecule has 35 heavy (non-hydrogen) atoms. The van der Waals surface area contributed by atoms with Gasteiger partial charge in [-0.2, -0.15) is 15.3 Å². The van der Waals surface area contributed by atoms with E-state index in [9.17, 15) is 8.42 Å². The van der Waals surface area contributed by atoms with Gasteiger partial charge in [-0.05, 0) is 62.8 Å². The van der Waals surface area contributed by atoms with Crippen LogP contribution in [0.3, 0.4) is 0 Å². The van der Waals surface area contributed by atoms with E-state index in [2.05, 4.69) is 35.1 Å². The second kappa shape index (κ2) is 9.64. The molecule has 0 spiro atoms. The maximum atomic E-state index is 12.8. The van der Waals surface area contributed by atoms with Crippen molar-refractivity contribution < 1.29 is 8.42 Å². The first-order valence-electron chi connectivity index (χ1n) is 11.8. The van der Waals surface area contributed by atoms with Crippen molar-refractivity contribution >= 4 is 27.6 Å². The fourth-order valence-corrected chi connectivity index (χ4v) is 5.84. The van der Waals surface area contributed by atoms with Crippen molar-refractivity contribution in [3.05, 3.63) is 53.9 Å². The van der Waals surface area contributed by atoms with E-state index in [-0.39, 0.29) is 17.0 Å². The number of nitrogens with zero attached hydrogens (tertiary/aromatic N) is 5. The van der Waals surface area contributed by atoms with Gasteiger partial charge in [0.2, 0.25) is 16.0 Å². The molecule has 2 saturated carbocycles. The zero-order valence-corrected chi connectivity index (χ0v) is 20.3. The molecule has 0 atom stereocenters. The van der Waals surface area contributed by atoms with Gasteiger partial charge in [0, 0.05) is 43.0 Å². The first-order chi connectivity index (χ1) is 16.9. The third-order valence-electron chi connectivity index (χ3n) is 6.67. The van der Waals surface area contributed by atoms with Gasteiger partial charge in [-0.1, -0.05) is 6.07 Å². The average Bonchev–Trinajstić information content (AvgIpc) is 3.63. The molecule has 0 aliphatic heterocycles. The van der Waals surface area contributed by atoms with Crippen LogP contribution in [-0.2, 0) is 10.0 Å². The Kier molecular flexibility index (Phi) is 6.40. The van der Waals surface area contributed by atoms with Crippen LogP contribution in [-0.4, -0.2) is 47.7 Å². The molecule has 182 valence electrons. The van der Waals surface area contributed by atoms with Crippen LogP contribution in [0.15, 0.2) is 47.5 Å². The number of sulfonamides is 1. The highest BCUT2D eigenvalue weighted by Gasteiger charge is 2.29. The van der Waals surface area contributed by atoms with E-state index < -0.39 is 10.0 Å². The smallest absolute Gasteiger partial charge is 0.240 e. The van der Waals surface area contributed by atoms with Crippen LogP contribution in [0.4, 0.5) is 17.6 Å². The first kappa shape index (κ1) is 23.3. The van der Waals surface area contributed by atoms with Crippen LogP contribution in [0.1, 0.15) is 55.7 Å². The lowest BCUT2D eigenvalue weighted by molar-refractivity contribution is 0.363. The molecule has 2 heterocycles. The van der Waals surface area contributed by atoms with Gasteiger partial charge in [0.25, 0.3) is 0 Å². The largest absolute Gasteiger partial charge is 0.341 e. The van der Waals surface area contributed by atoms with Gasteiger partial charge in [-0.15, -0.1) is 0 Å². The molecule has 2 aliphatic rings. The number of nitrogens with one attached hydrogen (secondary N) is 3. The van der Waals surface area contributed by atoms with Gasteiger partial charge in [0.1, 0.15) is 5.82 Å². The molecular weight excluding hydrogens is 464 g/mol. The Hall–Kier alpha value is -3.49. The van der Waals surface area contributed by atoms with Crippen molar-refractivity contribution in [3.8, 4) is 6.07 Å². The Bertz CT molecular complexity index is 1340. The van der Waals surface area contributed by atoms with Crippen molar-refractivity contribution in [2.75, 3.05) is 17.3 Å². The Morgan fingerprint density at radius 2 is 1.89 bits per heavy atom. The lowest BCUT2D eigenvalue weighted by atomic mass is 9.91. The highest BCUT2D eigenvalue weighted by Crippen LogP contribution is 2.39. The van der Waals surface area contributed by atoms with Crippen LogP contribution in [0.25, 0.3) is 0 Å². The molecule has 0 radical (unpaired) electrons. The molecule has 0 saturated heterocycles. The van der Waals surface area contributed by atoms with Gasteiger partial charge in [0.15, 0.2) is 5.82 Å². The predicted molar refractivity (Wildman–Crippen MR) is 132 cm³/mol. The molecule has 2 fully saturated rings. The molecule has 1 aromatic carbocycles. The molecule has 0 amide bonds. The molecule has 0 bridgehead atoms. The number of aromatic nitrogens is 4. The minimum absolute atomic E-state index is 0.120. The minimum Gasteiger partial charge on any atom is -0.341 e. The summed E-state index contributed by atoms with van der Waals surface area (Å²) >= 11 is 0. The summed E-state index contributed by atoms with van der Waals surface area (Å²) < 4.78 is 28.3. The Morgan fingerprint density at radius 1 is 1.09 bits per heavy atom. The zero-order chi connectivity index (χ0) is 24.4. The van der Waals surface area contributed by atoms with Gasteiger partial charge in [0.05, 0.1) is 16.5 Å². The average molecular weight is 493 g/mol. The highest BCUT2D eigenvalue weighted by molar-refractivity contribution is 7.89. The van der Waals surface area contributed by atoms with Crippen LogP contribution in [0.2, 0.25) is 0 Å². The molecule has 10 nitrogen and oxygen atoms in total. The quantitative estimate of drug-likeness (QED) is 0.435. The van der Waals surface area contributed by atoms with Crippen molar-refractivity contribution in [2.24, 2.45) is 0 Å². The van der Waals surface area contributed by atoms with Gasteiger partial charge in [-0.25, -0.2) is 18.1 Å². The number of aromatic amines is 1. The maximum absolute atomic E-state index is 12.8. The minimum atomic E-state index is -3.67. The first-order valence-corrected chi connectivity index (χ1v) is 13.3. The van der Waals surface area contributed by atoms with Crippen molar-refractivity contribution in [1.29, 1.82) is 5.26 Å². The normalized spacial score (nSPS) is 20.2. The summed E-state index contributed by atoms with van der Waals surface area (Å²) in [6, 6.07) is 12.0. The molecule has 3 N–H and O–H groups in total. The standard InChI is InChI=1S/C24H28N8O2S/c1-32(24-26-12-11-22(28-24)27-23-14-21(29-30-23)17-5-6-17)19-9-7-18(8-10-19)31-35(33,34)20-4-2-3-16(13-20)15-25/h2-4,11-14,17-19,31H,5-10H2,1H3,(H2,26,27,28,29,30)/t18-,19-. The summed E-state index contributed by atoms with van der Waals surface area (Å²) in [6.07, 6.45) is 7.19. The summed E-state index contributed by atoms with van der Waals surface area (Å²) in [5.41, 5.74) is 1.48. The highest BCUT2D eigenvalue weighted by atomic mass is 32.2. The van der Waals surface area contributed by atoms with Crippen LogP contribution >= 0.6 is 0 Å². The number of nitriles is 1. The van der Waals surface area contributed by atoms with E-state index in [4.69, 9.17) is 5.26 Å². The molecule has 5 rings (SSSR count). The SMILES string of the molecule is CN(c1nccc(Nc2cc(C3CC3)[nH]n2)n1)[C@H]1CC[C@H](NS(=O)(=O)c2cccc(C#N)c2)CC1. The van der Waals surface area contributed by atoms with E-state index in [1.54, 1.807) is 18.3 Å². The molecule has 2 aliphatic carbocycles. The summed E-state index contributed by atoms with van der Waals surface area (Å²) in [5, 5.41) is 19.7. The van der Waals surface area contributed by atoms with Crippen LogP contribution in [0, 0.1) is 11.3 Å². The van der Waals surface area contributed by atoms with Crippen molar-refractivity contribution in [2.45, 2.75) is 61.4 Å². The fourth-order valence-electron chi connectivity index (χ4n) is 4.49.